The zero-order valence-electron chi connectivity index (χ0n) is 7.70. The van der Waals surface area contributed by atoms with Gasteiger partial charge in [-0.05, 0) is 24.6 Å². The van der Waals surface area contributed by atoms with Gasteiger partial charge in [-0.2, -0.15) is 10.2 Å². The predicted molar refractivity (Wildman–Crippen MR) is 58.4 cm³/mol. The van der Waals surface area contributed by atoms with Crippen LogP contribution in [0.25, 0.3) is 0 Å². The molecule has 0 aliphatic carbocycles. The molecule has 0 unspecified atom stereocenters. The predicted octanol–water partition coefficient (Wildman–Crippen LogP) is 4.33. The van der Waals surface area contributed by atoms with Crippen molar-refractivity contribution in [3.8, 4) is 0 Å². The van der Waals surface area contributed by atoms with Crippen LogP contribution in [0, 0.1) is 0 Å². The van der Waals surface area contributed by atoms with Crippen LogP contribution in [-0.4, -0.2) is 6.54 Å². The van der Waals surface area contributed by atoms with Gasteiger partial charge in [0.1, 0.15) is 0 Å². The van der Waals surface area contributed by atoms with Gasteiger partial charge in [0.2, 0.25) is 0 Å². The molecule has 0 aliphatic rings. The average molecular weight is 241 g/mol. The molecule has 0 bridgehead atoms. The van der Waals surface area contributed by atoms with Crippen molar-refractivity contribution in [2.24, 2.45) is 10.2 Å². The third-order valence-corrected chi connectivity index (χ3v) is 2.10. The van der Waals surface area contributed by atoms with E-state index in [1.54, 1.807) is 0 Å². The summed E-state index contributed by atoms with van der Waals surface area (Å²) in [5.74, 6) is 0. The van der Waals surface area contributed by atoms with Crippen LogP contribution in [-0.2, 0) is 0 Å². The summed E-state index contributed by atoms with van der Waals surface area (Å²) in [5.41, 5.74) is 0.908. The van der Waals surface area contributed by atoms with Gasteiger partial charge in [-0.25, -0.2) is 0 Å². The van der Waals surface area contributed by atoms with Gasteiger partial charge in [0.15, 0.2) is 0 Å². The maximum atomic E-state index is 4.10. The van der Waals surface area contributed by atoms with Crippen molar-refractivity contribution in [3.05, 3.63) is 28.7 Å². The van der Waals surface area contributed by atoms with Gasteiger partial charge in [0.25, 0.3) is 0 Å². The summed E-state index contributed by atoms with van der Waals surface area (Å²) in [6.45, 7) is 2.97. The number of nitrogens with zero attached hydrogens (tertiary/aromatic N) is 2. The van der Waals surface area contributed by atoms with E-state index in [4.69, 9.17) is 0 Å². The molecule has 1 aromatic carbocycles. The van der Waals surface area contributed by atoms with Crippen molar-refractivity contribution in [1.29, 1.82) is 0 Å². The Morgan fingerprint density at radius 2 is 2.23 bits per heavy atom. The van der Waals surface area contributed by atoms with Crippen LogP contribution in [0.1, 0.15) is 19.8 Å². The second kappa shape index (κ2) is 5.86. The van der Waals surface area contributed by atoms with Gasteiger partial charge in [-0.3, -0.25) is 0 Å². The largest absolute Gasteiger partial charge is 0.189 e. The lowest BCUT2D eigenvalue weighted by Crippen LogP contribution is -1.75. The Morgan fingerprint density at radius 1 is 1.38 bits per heavy atom. The highest BCUT2D eigenvalue weighted by atomic mass is 79.9. The molecule has 3 heteroatoms. The summed E-state index contributed by atoms with van der Waals surface area (Å²) in [7, 11) is 0. The molecule has 0 atom stereocenters. The molecule has 0 spiro atoms. The Balaban J connectivity index is 2.48. The molecule has 1 aromatic rings. The number of halogens is 1. The van der Waals surface area contributed by atoms with E-state index in [1.165, 1.54) is 0 Å². The first-order valence-corrected chi connectivity index (χ1v) is 5.25. The van der Waals surface area contributed by atoms with Crippen molar-refractivity contribution >= 4 is 21.6 Å². The lowest BCUT2D eigenvalue weighted by atomic mass is 10.3. The Morgan fingerprint density at radius 3 is 2.92 bits per heavy atom. The van der Waals surface area contributed by atoms with E-state index in [2.05, 4.69) is 33.1 Å². The molecule has 1 rings (SSSR count). The summed E-state index contributed by atoms with van der Waals surface area (Å²) in [5, 5.41) is 8.18. The van der Waals surface area contributed by atoms with E-state index in [9.17, 15) is 0 Å². The SMILES string of the molecule is CCCCN=Nc1cccc(Br)c1. The quantitative estimate of drug-likeness (QED) is 0.553. The van der Waals surface area contributed by atoms with Gasteiger partial charge in [-0.1, -0.05) is 35.3 Å². The first kappa shape index (κ1) is 10.4. The summed E-state index contributed by atoms with van der Waals surface area (Å²) in [6.07, 6.45) is 2.27. The minimum atomic E-state index is 0.822. The molecule has 0 saturated carbocycles. The van der Waals surface area contributed by atoms with Crippen LogP contribution in [0.2, 0.25) is 0 Å². The van der Waals surface area contributed by atoms with E-state index in [1.807, 2.05) is 24.3 Å². The second-order valence-corrected chi connectivity index (χ2v) is 3.71. The molecule has 13 heavy (non-hydrogen) atoms. The molecule has 0 N–H and O–H groups in total. The zero-order chi connectivity index (χ0) is 9.52. The molecule has 2 nitrogen and oxygen atoms in total. The lowest BCUT2D eigenvalue weighted by Gasteiger charge is -1.92. The molecule has 0 aliphatic heterocycles. The van der Waals surface area contributed by atoms with E-state index >= 15 is 0 Å². The number of benzene rings is 1. The fourth-order valence-corrected chi connectivity index (χ4v) is 1.29. The molecule has 0 aromatic heterocycles. The molecule has 0 fully saturated rings. The smallest absolute Gasteiger partial charge is 0.0863 e. The van der Waals surface area contributed by atoms with E-state index in [0.717, 1.165) is 29.5 Å². The minimum Gasteiger partial charge on any atom is -0.189 e. The number of azo groups is 1. The normalized spacial score (nSPS) is 10.9. The van der Waals surface area contributed by atoms with Crippen LogP contribution in [0.4, 0.5) is 5.69 Å². The lowest BCUT2D eigenvalue weighted by molar-refractivity contribution is 0.780. The summed E-state index contributed by atoms with van der Waals surface area (Å²) < 4.78 is 1.04. The highest BCUT2D eigenvalue weighted by Crippen LogP contribution is 2.18. The maximum Gasteiger partial charge on any atom is 0.0863 e. The van der Waals surface area contributed by atoms with Crippen molar-refractivity contribution in [2.45, 2.75) is 19.8 Å². The monoisotopic (exact) mass is 240 g/mol. The molecule has 0 heterocycles. The molecular formula is C10H13BrN2. The summed E-state index contributed by atoms with van der Waals surface area (Å²) in [6, 6.07) is 7.83. The van der Waals surface area contributed by atoms with Gasteiger partial charge < -0.3 is 0 Å². The average Bonchev–Trinajstić information content (AvgIpc) is 2.13. The maximum absolute atomic E-state index is 4.10. The number of hydrogen-bond acceptors (Lipinski definition) is 2. The summed E-state index contributed by atoms with van der Waals surface area (Å²) >= 11 is 3.38. The van der Waals surface area contributed by atoms with Gasteiger partial charge in [0.05, 0.1) is 12.2 Å². The zero-order valence-corrected chi connectivity index (χ0v) is 9.29. The Labute approximate surface area is 87.2 Å². The van der Waals surface area contributed by atoms with E-state index < -0.39 is 0 Å². The van der Waals surface area contributed by atoms with Crippen molar-refractivity contribution in [3.63, 3.8) is 0 Å². The van der Waals surface area contributed by atoms with Crippen molar-refractivity contribution in [1.82, 2.24) is 0 Å². The molecular weight excluding hydrogens is 228 g/mol. The van der Waals surface area contributed by atoms with E-state index in [0.29, 0.717) is 0 Å². The first-order valence-electron chi connectivity index (χ1n) is 4.46. The number of unbranched alkanes of at least 4 members (excludes halogenated alkanes) is 1. The Bertz CT molecular complexity index is 284. The molecule has 0 radical (unpaired) electrons. The number of hydrogen-bond donors (Lipinski definition) is 0. The highest BCUT2D eigenvalue weighted by molar-refractivity contribution is 9.10. The van der Waals surface area contributed by atoms with Gasteiger partial charge in [0, 0.05) is 4.47 Å². The molecule has 0 amide bonds. The molecule has 0 saturated heterocycles. The topological polar surface area (TPSA) is 24.7 Å². The van der Waals surface area contributed by atoms with Crippen LogP contribution < -0.4 is 0 Å². The standard InChI is InChI=1S/C10H13BrN2/c1-2-3-7-12-13-10-6-4-5-9(11)8-10/h4-6,8H,2-3,7H2,1H3. The Hall–Kier alpha value is -0.700. The van der Waals surface area contributed by atoms with Crippen LogP contribution >= 0.6 is 15.9 Å². The highest BCUT2D eigenvalue weighted by Gasteiger charge is 1.89. The van der Waals surface area contributed by atoms with Crippen LogP contribution in [0.3, 0.4) is 0 Å². The Kier molecular flexibility index (Phi) is 4.68. The van der Waals surface area contributed by atoms with Crippen molar-refractivity contribution in [2.75, 3.05) is 6.54 Å². The number of rotatable bonds is 4. The molecule has 70 valence electrons. The summed E-state index contributed by atoms with van der Waals surface area (Å²) in [4.78, 5) is 0. The fraction of sp³-hybridized carbons (Fsp3) is 0.400. The third kappa shape index (κ3) is 4.18. The first-order chi connectivity index (χ1) is 6.33. The van der Waals surface area contributed by atoms with Gasteiger partial charge in [-0.15, -0.1) is 0 Å². The minimum absolute atomic E-state index is 0.822. The van der Waals surface area contributed by atoms with Crippen LogP contribution in [0.15, 0.2) is 39.0 Å². The van der Waals surface area contributed by atoms with Gasteiger partial charge >= 0.3 is 0 Å². The second-order valence-electron chi connectivity index (χ2n) is 2.80. The van der Waals surface area contributed by atoms with Crippen LogP contribution in [0.5, 0.6) is 0 Å². The third-order valence-electron chi connectivity index (χ3n) is 1.61. The fourth-order valence-electron chi connectivity index (χ4n) is 0.899. The van der Waals surface area contributed by atoms with Crippen molar-refractivity contribution < 1.29 is 0 Å². The van der Waals surface area contributed by atoms with E-state index in [-0.39, 0.29) is 0 Å².